The largest absolute Gasteiger partial charge is 0.300 e. The SMILES string of the molecule is Cc1cccc2c(C=O)nc(C3CCC3)n12. The van der Waals surface area contributed by atoms with Gasteiger partial charge in [-0.2, -0.15) is 0 Å². The molecule has 0 radical (unpaired) electrons. The molecule has 2 aromatic rings. The quantitative estimate of drug-likeness (QED) is 0.720. The molecular weight excluding hydrogens is 200 g/mol. The molecule has 1 fully saturated rings. The molecule has 1 aliphatic carbocycles. The fourth-order valence-electron chi connectivity index (χ4n) is 2.38. The molecule has 3 rings (SSSR count). The van der Waals surface area contributed by atoms with Gasteiger partial charge < -0.3 is 4.40 Å². The molecule has 2 heterocycles. The maximum Gasteiger partial charge on any atom is 0.170 e. The number of fused-ring (bicyclic) bond motifs is 1. The van der Waals surface area contributed by atoms with Crippen LogP contribution in [0.25, 0.3) is 5.52 Å². The first kappa shape index (κ1) is 9.58. The summed E-state index contributed by atoms with van der Waals surface area (Å²) in [6.07, 6.45) is 4.54. The molecule has 0 N–H and O–H groups in total. The molecule has 16 heavy (non-hydrogen) atoms. The zero-order valence-corrected chi connectivity index (χ0v) is 9.31. The summed E-state index contributed by atoms with van der Waals surface area (Å²) in [5, 5.41) is 0. The zero-order chi connectivity index (χ0) is 11.1. The molecule has 0 aromatic carbocycles. The van der Waals surface area contributed by atoms with Crippen molar-refractivity contribution in [3.63, 3.8) is 0 Å². The first-order chi connectivity index (χ1) is 7.81. The second kappa shape index (κ2) is 3.44. The highest BCUT2D eigenvalue weighted by molar-refractivity contribution is 5.84. The van der Waals surface area contributed by atoms with Crippen LogP contribution in [0.4, 0.5) is 0 Å². The van der Waals surface area contributed by atoms with Gasteiger partial charge in [-0.15, -0.1) is 0 Å². The van der Waals surface area contributed by atoms with Crippen molar-refractivity contribution in [3.8, 4) is 0 Å². The number of pyridine rings is 1. The van der Waals surface area contributed by atoms with Gasteiger partial charge in [0.15, 0.2) is 6.29 Å². The third-order valence-electron chi connectivity index (χ3n) is 3.49. The number of rotatable bonds is 2. The number of carbonyl (C=O) groups excluding carboxylic acids is 1. The van der Waals surface area contributed by atoms with Crippen LogP contribution < -0.4 is 0 Å². The van der Waals surface area contributed by atoms with Gasteiger partial charge in [-0.05, 0) is 31.9 Å². The lowest BCUT2D eigenvalue weighted by atomic mass is 9.85. The Kier molecular flexibility index (Phi) is 2.06. The van der Waals surface area contributed by atoms with Crippen molar-refractivity contribution >= 4 is 11.8 Å². The molecule has 0 amide bonds. The van der Waals surface area contributed by atoms with E-state index in [0.29, 0.717) is 11.6 Å². The van der Waals surface area contributed by atoms with Gasteiger partial charge in [-0.3, -0.25) is 4.79 Å². The van der Waals surface area contributed by atoms with Crippen molar-refractivity contribution in [1.82, 2.24) is 9.38 Å². The second-order valence-electron chi connectivity index (χ2n) is 4.49. The van der Waals surface area contributed by atoms with Gasteiger partial charge in [0.1, 0.15) is 11.5 Å². The van der Waals surface area contributed by atoms with Gasteiger partial charge in [0.2, 0.25) is 0 Å². The van der Waals surface area contributed by atoms with E-state index in [1.165, 1.54) is 19.3 Å². The van der Waals surface area contributed by atoms with Gasteiger partial charge in [-0.25, -0.2) is 4.98 Å². The third-order valence-corrected chi connectivity index (χ3v) is 3.49. The van der Waals surface area contributed by atoms with E-state index in [1.807, 2.05) is 12.1 Å². The predicted octanol–water partition coefficient (Wildman–Crippen LogP) is 2.72. The molecule has 0 bridgehead atoms. The topological polar surface area (TPSA) is 34.4 Å². The maximum atomic E-state index is 11.0. The fourth-order valence-corrected chi connectivity index (χ4v) is 2.38. The van der Waals surface area contributed by atoms with Gasteiger partial charge in [-0.1, -0.05) is 12.5 Å². The molecule has 3 heteroatoms. The molecule has 3 nitrogen and oxygen atoms in total. The molecular formula is C13H14N2O. The Balaban J connectivity index is 2.30. The first-order valence-corrected chi connectivity index (χ1v) is 5.74. The molecule has 0 spiro atoms. The highest BCUT2D eigenvalue weighted by Gasteiger charge is 2.25. The monoisotopic (exact) mass is 214 g/mol. The standard InChI is InChI=1S/C13H14N2O/c1-9-4-2-7-12-11(8-16)14-13(15(9)12)10-5-3-6-10/h2,4,7-8,10H,3,5-6H2,1H3. The van der Waals surface area contributed by atoms with Crippen LogP contribution >= 0.6 is 0 Å². The molecule has 0 unspecified atom stereocenters. The van der Waals surface area contributed by atoms with Gasteiger partial charge >= 0.3 is 0 Å². The van der Waals surface area contributed by atoms with Gasteiger partial charge in [0, 0.05) is 11.6 Å². The minimum absolute atomic E-state index is 0.544. The summed E-state index contributed by atoms with van der Waals surface area (Å²) in [4.78, 5) is 15.5. The molecule has 1 aliphatic rings. The van der Waals surface area contributed by atoms with Crippen molar-refractivity contribution < 1.29 is 4.79 Å². The van der Waals surface area contributed by atoms with Crippen LogP contribution in [0.3, 0.4) is 0 Å². The number of carbonyl (C=O) groups is 1. The first-order valence-electron chi connectivity index (χ1n) is 5.74. The molecule has 0 aliphatic heterocycles. The lowest BCUT2D eigenvalue weighted by molar-refractivity contribution is 0.112. The number of aromatic nitrogens is 2. The Bertz CT molecular complexity index is 552. The summed E-state index contributed by atoms with van der Waals surface area (Å²) in [5.41, 5.74) is 2.67. The highest BCUT2D eigenvalue weighted by atomic mass is 16.1. The van der Waals surface area contributed by atoms with Crippen molar-refractivity contribution in [3.05, 3.63) is 35.4 Å². The van der Waals surface area contributed by atoms with E-state index < -0.39 is 0 Å². The van der Waals surface area contributed by atoms with E-state index in [0.717, 1.165) is 23.3 Å². The number of hydrogen-bond acceptors (Lipinski definition) is 2. The van der Waals surface area contributed by atoms with Crippen molar-refractivity contribution in [2.24, 2.45) is 0 Å². The maximum absolute atomic E-state index is 11.0. The summed E-state index contributed by atoms with van der Waals surface area (Å²) in [7, 11) is 0. The minimum atomic E-state index is 0.544. The van der Waals surface area contributed by atoms with Crippen LogP contribution in [-0.4, -0.2) is 15.7 Å². The summed E-state index contributed by atoms with van der Waals surface area (Å²) >= 11 is 0. The lowest BCUT2D eigenvalue weighted by Crippen LogP contribution is -2.13. The fraction of sp³-hybridized carbons (Fsp3) is 0.385. The van der Waals surface area contributed by atoms with Crippen LogP contribution in [0.5, 0.6) is 0 Å². The van der Waals surface area contributed by atoms with Crippen molar-refractivity contribution in [1.29, 1.82) is 0 Å². The molecule has 2 aromatic heterocycles. The predicted molar refractivity (Wildman–Crippen MR) is 61.9 cm³/mol. The van der Waals surface area contributed by atoms with Crippen LogP contribution in [0, 0.1) is 6.92 Å². The lowest BCUT2D eigenvalue weighted by Gasteiger charge is -2.24. The molecule has 0 atom stereocenters. The Morgan fingerprint density at radius 2 is 2.25 bits per heavy atom. The second-order valence-corrected chi connectivity index (χ2v) is 4.49. The number of imidazole rings is 1. The average Bonchev–Trinajstić information content (AvgIpc) is 2.56. The van der Waals surface area contributed by atoms with E-state index >= 15 is 0 Å². The van der Waals surface area contributed by atoms with Crippen LogP contribution in [0.2, 0.25) is 0 Å². The van der Waals surface area contributed by atoms with Crippen molar-refractivity contribution in [2.75, 3.05) is 0 Å². The summed E-state index contributed by atoms with van der Waals surface area (Å²) in [6.45, 7) is 2.06. The molecule has 1 saturated carbocycles. The van der Waals surface area contributed by atoms with E-state index in [9.17, 15) is 4.79 Å². The minimum Gasteiger partial charge on any atom is -0.300 e. The van der Waals surface area contributed by atoms with E-state index in [4.69, 9.17) is 0 Å². The molecule has 0 saturated heterocycles. The van der Waals surface area contributed by atoms with Gasteiger partial charge in [0.25, 0.3) is 0 Å². The van der Waals surface area contributed by atoms with Crippen LogP contribution in [-0.2, 0) is 0 Å². The number of hydrogen-bond donors (Lipinski definition) is 0. The Hall–Kier alpha value is -1.64. The Labute approximate surface area is 94.1 Å². The van der Waals surface area contributed by atoms with Gasteiger partial charge in [0.05, 0.1) is 5.52 Å². The van der Waals surface area contributed by atoms with Crippen LogP contribution in [0.1, 0.15) is 47.2 Å². The number of aryl methyl sites for hydroxylation is 1. The third kappa shape index (κ3) is 1.21. The zero-order valence-electron chi connectivity index (χ0n) is 9.31. The highest BCUT2D eigenvalue weighted by Crippen LogP contribution is 2.36. The summed E-state index contributed by atoms with van der Waals surface area (Å²) in [5.74, 6) is 1.61. The summed E-state index contributed by atoms with van der Waals surface area (Å²) in [6, 6.07) is 6.00. The van der Waals surface area contributed by atoms with E-state index in [1.54, 1.807) is 0 Å². The Morgan fingerprint density at radius 1 is 1.44 bits per heavy atom. The number of aldehydes is 1. The smallest absolute Gasteiger partial charge is 0.170 e. The van der Waals surface area contributed by atoms with Crippen LogP contribution in [0.15, 0.2) is 18.2 Å². The average molecular weight is 214 g/mol. The molecule has 82 valence electrons. The van der Waals surface area contributed by atoms with E-state index in [-0.39, 0.29) is 0 Å². The van der Waals surface area contributed by atoms with Crippen molar-refractivity contribution in [2.45, 2.75) is 32.1 Å². The normalized spacial score (nSPS) is 16.3. The van der Waals surface area contributed by atoms with E-state index in [2.05, 4.69) is 22.4 Å². The number of nitrogens with zero attached hydrogens (tertiary/aromatic N) is 2. The summed E-state index contributed by atoms with van der Waals surface area (Å²) < 4.78 is 2.13. The Morgan fingerprint density at radius 3 is 2.88 bits per heavy atom.